The zero-order valence-electron chi connectivity index (χ0n) is 9.21. The Hall–Kier alpha value is -1.74. The highest BCUT2D eigenvalue weighted by atomic mass is 35.5. The quantitative estimate of drug-likeness (QED) is 0.826. The highest BCUT2D eigenvalue weighted by Gasteiger charge is 2.08. The zero-order chi connectivity index (χ0) is 12.4. The molecule has 0 fully saturated rings. The third-order valence-corrected chi connectivity index (χ3v) is 2.63. The molecule has 2 rings (SSSR count). The second-order valence-electron chi connectivity index (χ2n) is 3.62. The van der Waals surface area contributed by atoms with E-state index in [1.165, 1.54) is 13.2 Å². The Morgan fingerprint density at radius 2 is 1.94 bits per heavy atom. The molecule has 2 aromatic carbocycles. The van der Waals surface area contributed by atoms with Crippen LogP contribution in [-0.2, 0) is 0 Å². The molecule has 0 bridgehead atoms. The van der Waals surface area contributed by atoms with Gasteiger partial charge in [-0.25, -0.2) is 4.39 Å². The van der Waals surface area contributed by atoms with E-state index in [0.29, 0.717) is 27.6 Å². The van der Waals surface area contributed by atoms with Crippen LogP contribution in [-0.4, -0.2) is 7.11 Å². The van der Waals surface area contributed by atoms with Crippen LogP contribution < -0.4 is 10.5 Å². The average Bonchev–Trinajstić information content (AvgIpc) is 2.27. The first-order chi connectivity index (χ1) is 8.10. The van der Waals surface area contributed by atoms with E-state index in [0.717, 1.165) is 0 Å². The van der Waals surface area contributed by atoms with E-state index in [1.807, 2.05) is 0 Å². The summed E-state index contributed by atoms with van der Waals surface area (Å²) in [5.74, 6) is 0.104. The van der Waals surface area contributed by atoms with E-state index in [1.54, 1.807) is 30.3 Å². The molecular formula is C13H11ClFNO. The predicted octanol–water partition coefficient (Wildman–Crippen LogP) is 3.74. The molecule has 0 amide bonds. The van der Waals surface area contributed by atoms with Crippen molar-refractivity contribution in [1.29, 1.82) is 0 Å². The Morgan fingerprint density at radius 1 is 1.18 bits per heavy atom. The Bertz CT molecular complexity index is 537. The van der Waals surface area contributed by atoms with Gasteiger partial charge in [-0.05, 0) is 35.9 Å². The maximum absolute atomic E-state index is 13.8. The van der Waals surface area contributed by atoms with Crippen molar-refractivity contribution in [1.82, 2.24) is 0 Å². The van der Waals surface area contributed by atoms with Gasteiger partial charge in [0.2, 0.25) is 0 Å². The first-order valence-electron chi connectivity index (χ1n) is 5.00. The van der Waals surface area contributed by atoms with Crippen molar-refractivity contribution < 1.29 is 9.13 Å². The van der Waals surface area contributed by atoms with Crippen LogP contribution in [0.3, 0.4) is 0 Å². The van der Waals surface area contributed by atoms with E-state index in [4.69, 9.17) is 22.1 Å². The fourth-order valence-corrected chi connectivity index (χ4v) is 1.87. The normalized spacial score (nSPS) is 10.3. The lowest BCUT2D eigenvalue weighted by atomic mass is 10.0. The molecule has 0 atom stereocenters. The number of nitrogens with two attached hydrogens (primary N) is 1. The van der Waals surface area contributed by atoms with Crippen molar-refractivity contribution in [2.75, 3.05) is 12.8 Å². The minimum atomic E-state index is -0.369. The van der Waals surface area contributed by atoms with Crippen molar-refractivity contribution in [3.63, 3.8) is 0 Å². The summed E-state index contributed by atoms with van der Waals surface area (Å²) in [6.45, 7) is 0. The monoisotopic (exact) mass is 251 g/mol. The molecule has 0 aliphatic carbocycles. The molecule has 0 aromatic heterocycles. The van der Waals surface area contributed by atoms with Crippen LogP contribution in [0, 0.1) is 5.82 Å². The molecule has 0 saturated heterocycles. The lowest BCUT2D eigenvalue weighted by Gasteiger charge is -2.07. The molecule has 88 valence electrons. The highest BCUT2D eigenvalue weighted by molar-refractivity contribution is 6.31. The lowest BCUT2D eigenvalue weighted by Crippen LogP contribution is -1.90. The summed E-state index contributed by atoms with van der Waals surface area (Å²) >= 11 is 5.88. The summed E-state index contributed by atoms with van der Waals surface area (Å²) in [7, 11) is 1.49. The van der Waals surface area contributed by atoms with Crippen LogP contribution in [0.4, 0.5) is 10.1 Å². The summed E-state index contributed by atoms with van der Waals surface area (Å²) < 4.78 is 18.8. The fraction of sp³-hybridized carbons (Fsp3) is 0.0769. The number of halogens is 2. The first kappa shape index (κ1) is 11.7. The summed E-state index contributed by atoms with van der Waals surface area (Å²) in [6.07, 6.45) is 0. The molecular weight excluding hydrogens is 241 g/mol. The standard InChI is InChI=1S/C13H11ClFNO/c1-17-11-2-3-12(13(15)7-11)8-4-9(14)6-10(16)5-8/h2-7H,16H2,1H3. The molecule has 0 aliphatic rings. The predicted molar refractivity (Wildman–Crippen MR) is 67.8 cm³/mol. The second kappa shape index (κ2) is 4.63. The van der Waals surface area contributed by atoms with Crippen molar-refractivity contribution in [3.05, 3.63) is 47.2 Å². The number of rotatable bonds is 2. The average molecular weight is 252 g/mol. The molecule has 0 unspecified atom stereocenters. The maximum atomic E-state index is 13.8. The van der Waals surface area contributed by atoms with Gasteiger partial charge < -0.3 is 10.5 Å². The van der Waals surface area contributed by atoms with Gasteiger partial charge in [-0.3, -0.25) is 0 Å². The zero-order valence-corrected chi connectivity index (χ0v) is 9.96. The summed E-state index contributed by atoms with van der Waals surface area (Å²) in [5.41, 5.74) is 7.27. The molecule has 2 nitrogen and oxygen atoms in total. The first-order valence-corrected chi connectivity index (χ1v) is 5.38. The molecule has 0 aliphatic heterocycles. The second-order valence-corrected chi connectivity index (χ2v) is 4.06. The van der Waals surface area contributed by atoms with Gasteiger partial charge in [-0.1, -0.05) is 11.6 Å². The number of benzene rings is 2. The van der Waals surface area contributed by atoms with E-state index in [-0.39, 0.29) is 5.82 Å². The third kappa shape index (κ3) is 2.50. The SMILES string of the molecule is COc1ccc(-c2cc(N)cc(Cl)c2)c(F)c1. The van der Waals surface area contributed by atoms with Crippen LogP contribution in [0.1, 0.15) is 0 Å². The Balaban J connectivity index is 2.52. The smallest absolute Gasteiger partial charge is 0.134 e. The number of hydrogen-bond acceptors (Lipinski definition) is 2. The van der Waals surface area contributed by atoms with Crippen molar-refractivity contribution in [2.24, 2.45) is 0 Å². The van der Waals surface area contributed by atoms with Gasteiger partial charge in [-0.2, -0.15) is 0 Å². The van der Waals surface area contributed by atoms with E-state index < -0.39 is 0 Å². The third-order valence-electron chi connectivity index (χ3n) is 2.41. The van der Waals surface area contributed by atoms with Gasteiger partial charge in [0.25, 0.3) is 0 Å². The van der Waals surface area contributed by atoms with Crippen LogP contribution in [0.5, 0.6) is 5.75 Å². The lowest BCUT2D eigenvalue weighted by molar-refractivity contribution is 0.411. The largest absolute Gasteiger partial charge is 0.497 e. The Morgan fingerprint density at radius 3 is 2.53 bits per heavy atom. The van der Waals surface area contributed by atoms with Gasteiger partial charge in [0.1, 0.15) is 11.6 Å². The number of hydrogen-bond donors (Lipinski definition) is 1. The van der Waals surface area contributed by atoms with Crippen LogP contribution in [0.2, 0.25) is 5.02 Å². The number of ether oxygens (including phenoxy) is 1. The van der Waals surface area contributed by atoms with Crippen molar-refractivity contribution in [2.45, 2.75) is 0 Å². The molecule has 2 aromatic rings. The van der Waals surface area contributed by atoms with E-state index in [9.17, 15) is 4.39 Å². The minimum absolute atomic E-state index is 0.369. The van der Waals surface area contributed by atoms with E-state index >= 15 is 0 Å². The summed E-state index contributed by atoms with van der Waals surface area (Å²) in [4.78, 5) is 0. The molecule has 17 heavy (non-hydrogen) atoms. The molecule has 0 spiro atoms. The summed E-state index contributed by atoms with van der Waals surface area (Å²) in [6, 6.07) is 9.62. The van der Waals surface area contributed by atoms with Gasteiger partial charge in [0, 0.05) is 22.3 Å². The number of nitrogen functional groups attached to an aromatic ring is 1. The molecule has 2 N–H and O–H groups in total. The van der Waals surface area contributed by atoms with Gasteiger partial charge >= 0.3 is 0 Å². The molecule has 4 heteroatoms. The van der Waals surface area contributed by atoms with Crippen LogP contribution in [0.15, 0.2) is 36.4 Å². The topological polar surface area (TPSA) is 35.2 Å². The van der Waals surface area contributed by atoms with Crippen molar-refractivity contribution >= 4 is 17.3 Å². The van der Waals surface area contributed by atoms with Gasteiger partial charge in [0.05, 0.1) is 7.11 Å². The minimum Gasteiger partial charge on any atom is -0.497 e. The van der Waals surface area contributed by atoms with E-state index in [2.05, 4.69) is 0 Å². The Kier molecular flexibility index (Phi) is 3.20. The van der Waals surface area contributed by atoms with Crippen molar-refractivity contribution in [3.8, 4) is 16.9 Å². The van der Waals surface area contributed by atoms with Gasteiger partial charge in [0.15, 0.2) is 0 Å². The molecule has 0 saturated carbocycles. The molecule has 0 radical (unpaired) electrons. The highest BCUT2D eigenvalue weighted by Crippen LogP contribution is 2.29. The van der Waals surface area contributed by atoms with Crippen LogP contribution >= 0.6 is 11.6 Å². The summed E-state index contributed by atoms with van der Waals surface area (Å²) in [5, 5.41) is 0.482. The maximum Gasteiger partial charge on any atom is 0.134 e. The van der Waals surface area contributed by atoms with Gasteiger partial charge in [-0.15, -0.1) is 0 Å². The fourth-order valence-electron chi connectivity index (χ4n) is 1.62. The molecule has 0 heterocycles. The van der Waals surface area contributed by atoms with Crippen LogP contribution in [0.25, 0.3) is 11.1 Å². The number of methoxy groups -OCH3 is 1. The Labute approximate surface area is 104 Å². The number of anilines is 1.